The van der Waals surface area contributed by atoms with Gasteiger partial charge in [-0.1, -0.05) is 12.1 Å². The summed E-state index contributed by atoms with van der Waals surface area (Å²) < 4.78 is 52.4. The summed E-state index contributed by atoms with van der Waals surface area (Å²) in [5.74, 6) is -0.625. The number of amides is 1. The number of para-hydroxylation sites is 1. The number of halogens is 3. The lowest BCUT2D eigenvalue weighted by atomic mass is 10.2. The van der Waals surface area contributed by atoms with Crippen molar-refractivity contribution in [2.45, 2.75) is 6.18 Å². The first-order valence-corrected chi connectivity index (χ1v) is 9.50. The van der Waals surface area contributed by atoms with E-state index in [0.29, 0.717) is 22.7 Å². The number of hydrogen-bond acceptors (Lipinski definition) is 4. The van der Waals surface area contributed by atoms with Crippen LogP contribution in [0.5, 0.6) is 11.5 Å². The molecule has 6 nitrogen and oxygen atoms in total. The number of benzene rings is 3. The average molecular weight is 441 g/mol. The number of carbonyl (C=O) groups is 1. The van der Waals surface area contributed by atoms with Gasteiger partial charge in [0.1, 0.15) is 11.5 Å². The second kappa shape index (κ2) is 8.26. The van der Waals surface area contributed by atoms with Crippen molar-refractivity contribution >= 4 is 22.6 Å². The molecule has 32 heavy (non-hydrogen) atoms. The normalized spacial score (nSPS) is 11.4. The molecule has 9 heteroatoms. The number of ether oxygens (including phenoxy) is 2. The van der Waals surface area contributed by atoms with E-state index in [-0.39, 0.29) is 16.7 Å². The van der Waals surface area contributed by atoms with Gasteiger partial charge in [-0.3, -0.25) is 9.36 Å². The van der Waals surface area contributed by atoms with E-state index in [4.69, 9.17) is 9.47 Å². The molecule has 0 radical (unpaired) electrons. The molecule has 1 amide bonds. The number of nitrogens with zero attached hydrogens (tertiary/aromatic N) is 2. The van der Waals surface area contributed by atoms with Crippen LogP contribution >= 0.6 is 0 Å². The summed E-state index contributed by atoms with van der Waals surface area (Å²) in [7, 11) is 2.89. The summed E-state index contributed by atoms with van der Waals surface area (Å²) in [4.78, 5) is 16.3. The largest absolute Gasteiger partial charge is 0.497 e. The summed E-state index contributed by atoms with van der Waals surface area (Å²) in [5, 5.41) is 2.72. The molecule has 0 saturated heterocycles. The number of methoxy groups -OCH3 is 2. The Balaban J connectivity index is 1.69. The first-order valence-electron chi connectivity index (χ1n) is 9.50. The van der Waals surface area contributed by atoms with Crippen LogP contribution in [0.3, 0.4) is 0 Å². The molecule has 0 bridgehead atoms. The van der Waals surface area contributed by atoms with E-state index in [1.807, 2.05) is 0 Å². The van der Waals surface area contributed by atoms with Gasteiger partial charge in [0.2, 0.25) is 5.82 Å². The van der Waals surface area contributed by atoms with E-state index in [1.165, 1.54) is 50.6 Å². The maximum atomic E-state index is 13.7. The monoisotopic (exact) mass is 441 g/mol. The van der Waals surface area contributed by atoms with Gasteiger partial charge < -0.3 is 14.8 Å². The van der Waals surface area contributed by atoms with Gasteiger partial charge in [0.05, 0.1) is 30.8 Å². The van der Waals surface area contributed by atoms with Gasteiger partial charge in [-0.2, -0.15) is 13.2 Å². The zero-order valence-corrected chi connectivity index (χ0v) is 17.1. The smallest absolute Gasteiger partial charge is 0.450 e. The lowest BCUT2D eigenvalue weighted by Gasteiger charge is -2.13. The van der Waals surface area contributed by atoms with Gasteiger partial charge in [-0.15, -0.1) is 0 Å². The van der Waals surface area contributed by atoms with E-state index >= 15 is 0 Å². The van der Waals surface area contributed by atoms with E-state index in [9.17, 15) is 18.0 Å². The Morgan fingerprint density at radius 2 is 1.69 bits per heavy atom. The van der Waals surface area contributed by atoms with Crippen molar-refractivity contribution in [3.05, 3.63) is 78.1 Å². The third-order valence-electron chi connectivity index (χ3n) is 4.85. The zero-order chi connectivity index (χ0) is 22.9. The van der Waals surface area contributed by atoms with Crippen LogP contribution in [0.15, 0.2) is 66.7 Å². The summed E-state index contributed by atoms with van der Waals surface area (Å²) in [6.07, 6.45) is -4.66. The molecule has 0 unspecified atom stereocenters. The predicted octanol–water partition coefficient (Wildman–Crippen LogP) is 5.31. The van der Waals surface area contributed by atoms with Crippen molar-refractivity contribution in [3.8, 4) is 17.2 Å². The first-order chi connectivity index (χ1) is 15.3. The number of alkyl halides is 3. The molecule has 0 saturated carbocycles. The molecule has 0 atom stereocenters. The topological polar surface area (TPSA) is 65.4 Å². The van der Waals surface area contributed by atoms with Gasteiger partial charge in [0, 0.05) is 17.4 Å². The number of aromatic nitrogens is 2. The van der Waals surface area contributed by atoms with Gasteiger partial charge in [-0.25, -0.2) is 4.98 Å². The molecule has 0 spiro atoms. The number of rotatable bonds is 5. The molecule has 0 fully saturated rings. The van der Waals surface area contributed by atoms with Gasteiger partial charge in [0.25, 0.3) is 5.91 Å². The Kier molecular flexibility index (Phi) is 5.48. The molecule has 3 aromatic carbocycles. The van der Waals surface area contributed by atoms with Crippen LogP contribution < -0.4 is 14.8 Å². The quantitative estimate of drug-likeness (QED) is 0.456. The van der Waals surface area contributed by atoms with E-state index in [0.717, 1.165) is 4.57 Å². The molecule has 4 rings (SSSR count). The minimum absolute atomic E-state index is 0.158. The Labute approximate surface area is 181 Å². The van der Waals surface area contributed by atoms with Crippen LogP contribution in [0.2, 0.25) is 0 Å². The number of carbonyl (C=O) groups excluding carboxylic acids is 1. The highest BCUT2D eigenvalue weighted by atomic mass is 19.4. The Bertz CT molecular complexity index is 1280. The lowest BCUT2D eigenvalue weighted by molar-refractivity contribution is -0.145. The molecule has 1 aromatic heterocycles. The number of fused-ring (bicyclic) bond motifs is 1. The highest BCUT2D eigenvalue weighted by Gasteiger charge is 2.38. The SMILES string of the molecule is COc1ccc2c(c1)nc(C(F)(F)F)n2-c1ccc(NC(=O)c2ccccc2OC)cc1. The fraction of sp³-hybridized carbons (Fsp3) is 0.130. The summed E-state index contributed by atoms with van der Waals surface area (Å²) in [6, 6.07) is 17.3. The second-order valence-electron chi connectivity index (χ2n) is 6.82. The van der Waals surface area contributed by atoms with Crippen molar-refractivity contribution in [2.75, 3.05) is 19.5 Å². The van der Waals surface area contributed by atoms with Crippen LogP contribution in [0, 0.1) is 0 Å². The summed E-state index contributed by atoms with van der Waals surface area (Å²) in [5.41, 5.74) is 1.45. The zero-order valence-electron chi connectivity index (χ0n) is 17.1. The maximum absolute atomic E-state index is 13.7. The highest BCUT2D eigenvalue weighted by molar-refractivity contribution is 6.06. The van der Waals surface area contributed by atoms with Gasteiger partial charge >= 0.3 is 6.18 Å². The van der Waals surface area contributed by atoms with E-state index in [1.54, 1.807) is 30.3 Å². The lowest BCUT2D eigenvalue weighted by Crippen LogP contribution is -2.14. The van der Waals surface area contributed by atoms with Crippen LogP contribution in [0.25, 0.3) is 16.7 Å². The van der Waals surface area contributed by atoms with Crippen LogP contribution in [0.4, 0.5) is 18.9 Å². The molecule has 0 aliphatic rings. The molecule has 0 aliphatic carbocycles. The molecule has 1 N–H and O–H groups in total. The second-order valence-corrected chi connectivity index (χ2v) is 6.82. The van der Waals surface area contributed by atoms with Crippen LogP contribution in [-0.4, -0.2) is 29.7 Å². The minimum Gasteiger partial charge on any atom is -0.497 e. The molecule has 4 aromatic rings. The van der Waals surface area contributed by atoms with Gasteiger partial charge in [0.15, 0.2) is 0 Å². The number of nitrogens with one attached hydrogen (secondary N) is 1. The molecule has 0 aliphatic heterocycles. The van der Waals surface area contributed by atoms with Crippen molar-refractivity contribution in [1.29, 1.82) is 0 Å². The summed E-state index contributed by atoms with van der Waals surface area (Å²) in [6.45, 7) is 0. The highest BCUT2D eigenvalue weighted by Crippen LogP contribution is 2.35. The molecule has 164 valence electrons. The number of hydrogen-bond donors (Lipinski definition) is 1. The number of imidazole rings is 1. The maximum Gasteiger partial charge on any atom is 0.450 e. The summed E-state index contributed by atoms with van der Waals surface area (Å²) >= 11 is 0. The van der Waals surface area contributed by atoms with Gasteiger partial charge in [-0.05, 0) is 48.5 Å². The van der Waals surface area contributed by atoms with Crippen LogP contribution in [0.1, 0.15) is 16.2 Å². The van der Waals surface area contributed by atoms with Crippen molar-refractivity contribution in [3.63, 3.8) is 0 Å². The fourth-order valence-corrected chi connectivity index (χ4v) is 3.36. The molecular weight excluding hydrogens is 423 g/mol. The Morgan fingerprint density at radius 1 is 0.969 bits per heavy atom. The van der Waals surface area contributed by atoms with Crippen LogP contribution in [-0.2, 0) is 6.18 Å². The van der Waals surface area contributed by atoms with Crippen molar-refractivity contribution in [2.24, 2.45) is 0 Å². The Morgan fingerprint density at radius 3 is 2.34 bits per heavy atom. The number of anilines is 1. The van der Waals surface area contributed by atoms with E-state index < -0.39 is 17.9 Å². The van der Waals surface area contributed by atoms with E-state index in [2.05, 4.69) is 10.3 Å². The predicted molar refractivity (Wildman–Crippen MR) is 114 cm³/mol. The standard InChI is InChI=1S/C23H18F3N3O3/c1-31-16-11-12-19-18(13-16)28-22(23(24,25)26)29(19)15-9-7-14(8-10-15)27-21(30)17-5-3-4-6-20(17)32-2/h3-13H,1-2H3,(H,27,30). The Hall–Kier alpha value is -4.01. The fourth-order valence-electron chi connectivity index (χ4n) is 3.36. The first kappa shape index (κ1) is 21.2. The minimum atomic E-state index is -4.66. The third-order valence-corrected chi connectivity index (χ3v) is 4.85. The van der Waals surface area contributed by atoms with Crippen molar-refractivity contribution < 1.29 is 27.4 Å². The molecule has 1 heterocycles. The third kappa shape index (κ3) is 3.96. The average Bonchev–Trinajstić information content (AvgIpc) is 3.18. The molecular formula is C23H18F3N3O3. The van der Waals surface area contributed by atoms with Crippen molar-refractivity contribution in [1.82, 2.24) is 9.55 Å².